The Morgan fingerprint density at radius 3 is 2.88 bits per heavy atom. The van der Waals surface area contributed by atoms with Crippen molar-refractivity contribution in [1.82, 2.24) is 15.0 Å². The molecule has 0 bridgehead atoms. The van der Waals surface area contributed by atoms with Crippen LogP contribution in [0.15, 0.2) is 10.6 Å². The van der Waals surface area contributed by atoms with E-state index in [1.54, 1.807) is 6.07 Å². The van der Waals surface area contributed by atoms with Gasteiger partial charge in [0.1, 0.15) is 12.4 Å². The number of carbonyl (C=O) groups is 2. The molecule has 1 aromatic rings. The van der Waals surface area contributed by atoms with Crippen molar-refractivity contribution in [3.63, 3.8) is 0 Å². The van der Waals surface area contributed by atoms with E-state index in [4.69, 9.17) is 9.26 Å². The van der Waals surface area contributed by atoms with Crippen LogP contribution < -0.4 is 0 Å². The van der Waals surface area contributed by atoms with Crippen molar-refractivity contribution in [2.75, 3.05) is 26.2 Å². The van der Waals surface area contributed by atoms with Gasteiger partial charge < -0.3 is 19.1 Å². The lowest BCUT2D eigenvalue weighted by Crippen LogP contribution is -2.50. The zero-order valence-electron chi connectivity index (χ0n) is 14.5. The molecule has 2 fully saturated rings. The third-order valence-electron chi connectivity index (χ3n) is 4.81. The highest BCUT2D eigenvalue weighted by Gasteiger charge is 2.37. The molecule has 0 aliphatic carbocycles. The van der Waals surface area contributed by atoms with Gasteiger partial charge in [0.2, 0.25) is 11.8 Å². The molecule has 0 saturated carbocycles. The van der Waals surface area contributed by atoms with Crippen LogP contribution in [0.4, 0.5) is 0 Å². The Labute approximate surface area is 141 Å². The van der Waals surface area contributed by atoms with Crippen molar-refractivity contribution in [1.29, 1.82) is 0 Å². The second-order valence-corrected chi connectivity index (χ2v) is 6.99. The lowest BCUT2D eigenvalue weighted by Gasteiger charge is -2.38. The maximum atomic E-state index is 12.5. The minimum Gasteiger partial charge on any atom is -0.368 e. The molecule has 24 heavy (non-hydrogen) atoms. The van der Waals surface area contributed by atoms with Gasteiger partial charge in [0.05, 0.1) is 18.2 Å². The first-order chi connectivity index (χ1) is 11.4. The van der Waals surface area contributed by atoms with Crippen LogP contribution in [0.25, 0.3) is 0 Å². The molecule has 2 atom stereocenters. The first-order valence-electron chi connectivity index (χ1n) is 8.55. The van der Waals surface area contributed by atoms with E-state index >= 15 is 0 Å². The summed E-state index contributed by atoms with van der Waals surface area (Å²) < 4.78 is 10.9. The molecule has 7 nitrogen and oxygen atoms in total. The van der Waals surface area contributed by atoms with Crippen molar-refractivity contribution >= 4 is 11.8 Å². The van der Waals surface area contributed by atoms with Crippen LogP contribution in [-0.4, -0.2) is 65.2 Å². The number of hydrogen-bond donors (Lipinski definition) is 0. The van der Waals surface area contributed by atoms with E-state index in [9.17, 15) is 9.59 Å². The normalized spacial score (nSPS) is 24.9. The Morgan fingerprint density at radius 1 is 1.42 bits per heavy atom. The fourth-order valence-electron chi connectivity index (χ4n) is 3.51. The number of amides is 2. The summed E-state index contributed by atoms with van der Waals surface area (Å²) in [6, 6.07) is 1.93. The fourth-order valence-corrected chi connectivity index (χ4v) is 3.51. The van der Waals surface area contributed by atoms with E-state index in [0.29, 0.717) is 25.4 Å². The van der Waals surface area contributed by atoms with Gasteiger partial charge >= 0.3 is 0 Å². The van der Waals surface area contributed by atoms with Gasteiger partial charge in [-0.25, -0.2) is 0 Å². The third-order valence-corrected chi connectivity index (χ3v) is 4.81. The minimum atomic E-state index is 0.0365. The molecule has 0 spiro atoms. The van der Waals surface area contributed by atoms with Gasteiger partial charge in [0, 0.05) is 37.7 Å². The number of aromatic nitrogens is 1. The molecule has 3 rings (SSSR count). The average Bonchev–Trinajstić information content (AvgIpc) is 2.86. The number of nitrogens with zero attached hydrogens (tertiary/aromatic N) is 3. The molecular formula is C17H25N3O4. The molecular weight excluding hydrogens is 310 g/mol. The van der Waals surface area contributed by atoms with E-state index < -0.39 is 0 Å². The molecule has 0 aromatic carbocycles. The zero-order chi connectivity index (χ0) is 17.3. The highest BCUT2D eigenvalue weighted by molar-refractivity contribution is 5.79. The van der Waals surface area contributed by atoms with Crippen molar-refractivity contribution in [3.05, 3.63) is 17.5 Å². The third kappa shape index (κ3) is 3.61. The number of rotatable bonds is 3. The van der Waals surface area contributed by atoms with E-state index in [1.807, 2.05) is 30.6 Å². The van der Waals surface area contributed by atoms with Gasteiger partial charge in [-0.15, -0.1) is 0 Å². The smallest absolute Gasteiger partial charge is 0.248 e. The molecule has 132 valence electrons. The molecule has 2 saturated heterocycles. The van der Waals surface area contributed by atoms with Gasteiger partial charge in [-0.2, -0.15) is 0 Å². The molecule has 2 amide bonds. The van der Waals surface area contributed by atoms with Crippen LogP contribution in [0.3, 0.4) is 0 Å². The maximum Gasteiger partial charge on any atom is 0.248 e. The summed E-state index contributed by atoms with van der Waals surface area (Å²) in [5.41, 5.74) is 0.778. The zero-order valence-corrected chi connectivity index (χ0v) is 14.5. The van der Waals surface area contributed by atoms with Gasteiger partial charge in [-0.05, 0) is 27.2 Å². The van der Waals surface area contributed by atoms with Gasteiger partial charge in [-0.3, -0.25) is 9.59 Å². The summed E-state index contributed by atoms with van der Waals surface area (Å²) in [7, 11) is 0. The largest absolute Gasteiger partial charge is 0.368 e. The van der Waals surface area contributed by atoms with Crippen molar-refractivity contribution in [2.45, 2.75) is 45.8 Å². The Morgan fingerprint density at radius 2 is 2.21 bits per heavy atom. The van der Waals surface area contributed by atoms with Crippen LogP contribution >= 0.6 is 0 Å². The second kappa shape index (κ2) is 6.93. The van der Waals surface area contributed by atoms with Crippen molar-refractivity contribution in [2.24, 2.45) is 5.92 Å². The maximum absolute atomic E-state index is 12.5. The molecule has 3 heterocycles. The number of carbonyl (C=O) groups excluding carboxylic acids is 2. The number of likely N-dealkylation sites (tertiary alicyclic amines) is 1. The molecule has 0 radical (unpaired) electrons. The lowest BCUT2D eigenvalue weighted by atomic mass is 9.93. The SMILES string of the molecule is Cc1cc(CC(=O)N2CC[C@@H]3OCC(=O)N(C(C)C)C[C@H]3C2)on1. The number of piperidine rings is 1. The number of hydrogen-bond acceptors (Lipinski definition) is 5. The van der Waals surface area contributed by atoms with Crippen LogP contribution in [-0.2, 0) is 20.7 Å². The van der Waals surface area contributed by atoms with E-state index in [1.165, 1.54) is 0 Å². The molecule has 7 heteroatoms. The van der Waals surface area contributed by atoms with Crippen LogP contribution in [0, 0.1) is 12.8 Å². The quantitative estimate of drug-likeness (QED) is 0.824. The monoisotopic (exact) mass is 335 g/mol. The van der Waals surface area contributed by atoms with E-state index in [2.05, 4.69) is 5.16 Å². The molecule has 0 unspecified atom stereocenters. The van der Waals surface area contributed by atoms with E-state index in [0.717, 1.165) is 12.1 Å². The molecule has 2 aliphatic rings. The number of ether oxygens (including phenoxy) is 1. The topological polar surface area (TPSA) is 75.9 Å². The summed E-state index contributed by atoms with van der Waals surface area (Å²) in [6.45, 7) is 7.92. The number of fused-ring (bicyclic) bond motifs is 1. The minimum absolute atomic E-state index is 0.0365. The van der Waals surface area contributed by atoms with E-state index in [-0.39, 0.29) is 42.9 Å². The van der Waals surface area contributed by atoms with Crippen LogP contribution in [0.1, 0.15) is 31.7 Å². The predicted octanol–water partition coefficient (Wildman–Crippen LogP) is 1.01. The highest BCUT2D eigenvalue weighted by Crippen LogP contribution is 2.25. The Balaban J connectivity index is 1.64. The summed E-state index contributed by atoms with van der Waals surface area (Å²) >= 11 is 0. The standard InChI is InChI=1S/C17H25N3O4/c1-11(2)20-9-13-8-19(5-4-15(13)23-10-17(20)22)16(21)7-14-6-12(3)18-24-14/h6,11,13,15H,4-5,7-10H2,1-3H3/t13-,15+/m1/s1. The first-order valence-corrected chi connectivity index (χ1v) is 8.55. The van der Waals surface area contributed by atoms with Crippen LogP contribution in [0.5, 0.6) is 0 Å². The highest BCUT2D eigenvalue weighted by atomic mass is 16.5. The van der Waals surface area contributed by atoms with Gasteiger partial charge in [0.15, 0.2) is 0 Å². The van der Waals surface area contributed by atoms with Crippen LogP contribution in [0.2, 0.25) is 0 Å². The summed E-state index contributed by atoms with van der Waals surface area (Å²) in [5.74, 6) is 0.828. The Kier molecular flexibility index (Phi) is 4.89. The van der Waals surface area contributed by atoms with Crippen molar-refractivity contribution < 1.29 is 18.8 Å². The summed E-state index contributed by atoms with van der Waals surface area (Å²) in [6.07, 6.45) is 1.05. The second-order valence-electron chi connectivity index (χ2n) is 6.99. The predicted molar refractivity (Wildman–Crippen MR) is 86.2 cm³/mol. The molecule has 0 N–H and O–H groups in total. The van der Waals surface area contributed by atoms with Gasteiger partial charge in [0.25, 0.3) is 0 Å². The number of aryl methyl sites for hydroxylation is 1. The Bertz CT molecular complexity index is 613. The molecule has 2 aliphatic heterocycles. The fraction of sp³-hybridized carbons (Fsp3) is 0.706. The van der Waals surface area contributed by atoms with Gasteiger partial charge in [-0.1, -0.05) is 5.16 Å². The first kappa shape index (κ1) is 17.0. The summed E-state index contributed by atoms with van der Waals surface area (Å²) in [5, 5.41) is 3.82. The van der Waals surface area contributed by atoms with Crippen molar-refractivity contribution in [3.8, 4) is 0 Å². The Hall–Kier alpha value is -1.89. The molecule has 1 aromatic heterocycles. The lowest BCUT2D eigenvalue weighted by molar-refractivity contribution is -0.138. The average molecular weight is 335 g/mol. The summed E-state index contributed by atoms with van der Waals surface area (Å²) in [4.78, 5) is 28.4.